The molecule has 0 rings (SSSR count). The molecule has 0 aromatic carbocycles. The van der Waals surface area contributed by atoms with Crippen molar-refractivity contribution in [2.24, 2.45) is 0 Å². The van der Waals surface area contributed by atoms with E-state index in [4.69, 9.17) is 14.8 Å². The van der Waals surface area contributed by atoms with Crippen LogP contribution in [0.1, 0.15) is 0 Å². The van der Waals surface area contributed by atoms with Gasteiger partial charge >= 0.3 is 5.97 Å². The zero-order valence-electron chi connectivity index (χ0n) is 6.58. The van der Waals surface area contributed by atoms with Crippen LogP contribution in [0.15, 0.2) is 0 Å². The largest absolute Gasteiger partial charge is 0.462 e. The van der Waals surface area contributed by atoms with Gasteiger partial charge in [0.05, 0.1) is 6.61 Å². The summed E-state index contributed by atoms with van der Waals surface area (Å²) in [5.74, 6) is -2.35. The summed E-state index contributed by atoms with van der Waals surface area (Å²) in [5, 5.41) is 16.9. The molecule has 0 aliphatic heterocycles. The van der Waals surface area contributed by atoms with Crippen LogP contribution in [-0.2, 0) is 19.6 Å². The summed E-state index contributed by atoms with van der Waals surface area (Å²) in [7, 11) is -4.40. The third-order valence-corrected chi connectivity index (χ3v) is 1.55. The number of rotatable bonds is 5. The first-order chi connectivity index (χ1) is 5.85. The number of ether oxygens (including phenoxy) is 1. The maximum Gasteiger partial charge on any atom is 0.323 e. The van der Waals surface area contributed by atoms with Gasteiger partial charge in [-0.15, -0.1) is 0 Å². The number of esters is 1. The fourth-order valence-electron chi connectivity index (χ4n) is 0.432. The molecule has 0 aliphatic rings. The molecular formula is C5H10O7S. The molecule has 78 valence electrons. The molecule has 3 N–H and O–H groups in total. The van der Waals surface area contributed by atoms with E-state index in [1.54, 1.807) is 0 Å². The molecule has 1 unspecified atom stereocenters. The maximum absolute atomic E-state index is 10.5. The second-order valence-electron chi connectivity index (χ2n) is 2.25. The summed E-state index contributed by atoms with van der Waals surface area (Å²) < 4.78 is 32.6. The standard InChI is InChI=1S/C5H10O7S/c6-1-4(7)2-12-5(8)3-13(9,10)11/h4,6-7H,1-3H2,(H,9,10,11). The minimum absolute atomic E-state index is 0.509. The Morgan fingerprint density at radius 3 is 2.38 bits per heavy atom. The van der Waals surface area contributed by atoms with Crippen LogP contribution >= 0.6 is 0 Å². The van der Waals surface area contributed by atoms with Gasteiger partial charge in [0.2, 0.25) is 0 Å². The molecule has 0 radical (unpaired) electrons. The Balaban J connectivity index is 3.77. The second kappa shape index (κ2) is 5.12. The van der Waals surface area contributed by atoms with Gasteiger partial charge in [0.1, 0.15) is 12.7 Å². The third kappa shape index (κ3) is 7.65. The van der Waals surface area contributed by atoms with Gasteiger partial charge in [-0.3, -0.25) is 9.35 Å². The fraction of sp³-hybridized carbons (Fsp3) is 0.800. The van der Waals surface area contributed by atoms with E-state index in [1.165, 1.54) is 0 Å². The highest BCUT2D eigenvalue weighted by Crippen LogP contribution is 1.89. The van der Waals surface area contributed by atoms with Gasteiger partial charge in [-0.25, -0.2) is 0 Å². The average Bonchev–Trinajstić information content (AvgIpc) is 1.97. The normalized spacial score (nSPS) is 13.8. The van der Waals surface area contributed by atoms with Crippen LogP contribution in [-0.4, -0.2) is 54.2 Å². The molecule has 0 aromatic rings. The van der Waals surface area contributed by atoms with Gasteiger partial charge in [0.15, 0.2) is 5.75 Å². The van der Waals surface area contributed by atoms with Crippen molar-refractivity contribution in [1.82, 2.24) is 0 Å². The Kier molecular flexibility index (Phi) is 4.85. The number of carbonyl (C=O) groups excluding carboxylic acids is 1. The van der Waals surface area contributed by atoms with Gasteiger partial charge in [0, 0.05) is 0 Å². The highest BCUT2D eigenvalue weighted by molar-refractivity contribution is 7.86. The van der Waals surface area contributed by atoms with Crippen LogP contribution in [0.2, 0.25) is 0 Å². The molecule has 0 aliphatic carbocycles. The summed E-state index contributed by atoms with van der Waals surface area (Å²) >= 11 is 0. The number of aliphatic hydroxyl groups excluding tert-OH is 2. The summed E-state index contributed by atoms with van der Waals surface area (Å²) in [5.41, 5.74) is 0. The topological polar surface area (TPSA) is 121 Å². The minimum Gasteiger partial charge on any atom is -0.462 e. The summed E-state index contributed by atoms with van der Waals surface area (Å²) in [4.78, 5) is 10.5. The Bertz CT molecular complexity index is 256. The van der Waals surface area contributed by atoms with Crippen molar-refractivity contribution in [2.75, 3.05) is 19.0 Å². The van der Waals surface area contributed by atoms with Gasteiger partial charge < -0.3 is 14.9 Å². The number of hydrogen-bond donors (Lipinski definition) is 3. The SMILES string of the molecule is O=C(CS(=O)(=O)O)OCC(O)CO. The first-order valence-electron chi connectivity index (χ1n) is 3.25. The Hall–Kier alpha value is -0.700. The summed E-state index contributed by atoms with van der Waals surface area (Å²) in [6.07, 6.45) is -1.25. The van der Waals surface area contributed by atoms with Gasteiger partial charge in [0.25, 0.3) is 10.1 Å². The lowest BCUT2D eigenvalue weighted by Gasteiger charge is -2.06. The van der Waals surface area contributed by atoms with E-state index in [0.717, 1.165) is 0 Å². The minimum atomic E-state index is -4.40. The molecule has 0 heterocycles. The molecule has 0 amide bonds. The van der Waals surface area contributed by atoms with Crippen molar-refractivity contribution in [3.8, 4) is 0 Å². The highest BCUT2D eigenvalue weighted by atomic mass is 32.2. The van der Waals surface area contributed by atoms with Crippen LogP contribution in [0.5, 0.6) is 0 Å². The predicted octanol–water partition coefficient (Wildman–Crippen LogP) is -2.23. The van der Waals surface area contributed by atoms with Crippen LogP contribution in [0, 0.1) is 0 Å². The number of hydrogen-bond acceptors (Lipinski definition) is 6. The third-order valence-electron chi connectivity index (χ3n) is 0.948. The van der Waals surface area contributed by atoms with Crippen LogP contribution in [0.25, 0.3) is 0 Å². The van der Waals surface area contributed by atoms with E-state index in [2.05, 4.69) is 4.74 Å². The quantitative estimate of drug-likeness (QED) is 0.349. The van der Waals surface area contributed by atoms with E-state index in [-0.39, 0.29) is 0 Å². The predicted molar refractivity (Wildman–Crippen MR) is 40.5 cm³/mol. The molecule has 1 atom stereocenters. The van der Waals surface area contributed by atoms with E-state index in [9.17, 15) is 13.2 Å². The number of aliphatic hydroxyl groups is 2. The first-order valence-corrected chi connectivity index (χ1v) is 4.86. The Labute approximate surface area is 74.7 Å². The monoisotopic (exact) mass is 214 g/mol. The highest BCUT2D eigenvalue weighted by Gasteiger charge is 2.15. The smallest absolute Gasteiger partial charge is 0.323 e. The van der Waals surface area contributed by atoms with Crippen molar-refractivity contribution in [2.45, 2.75) is 6.10 Å². The molecule has 0 spiro atoms. The van der Waals surface area contributed by atoms with Gasteiger partial charge in [-0.2, -0.15) is 8.42 Å². The van der Waals surface area contributed by atoms with Crippen molar-refractivity contribution >= 4 is 16.1 Å². The molecule has 0 fully saturated rings. The maximum atomic E-state index is 10.5. The molecular weight excluding hydrogens is 204 g/mol. The molecule has 0 aromatic heterocycles. The lowest BCUT2D eigenvalue weighted by molar-refractivity contribution is -0.144. The summed E-state index contributed by atoms with van der Waals surface area (Å²) in [6, 6.07) is 0. The van der Waals surface area contributed by atoms with E-state index >= 15 is 0 Å². The molecule has 0 saturated heterocycles. The fourth-order valence-corrected chi connectivity index (χ4v) is 0.814. The molecule has 0 bridgehead atoms. The Morgan fingerprint density at radius 2 is 2.00 bits per heavy atom. The lowest BCUT2D eigenvalue weighted by Crippen LogP contribution is -2.25. The van der Waals surface area contributed by atoms with Crippen LogP contribution < -0.4 is 0 Å². The van der Waals surface area contributed by atoms with Crippen molar-refractivity contribution in [3.05, 3.63) is 0 Å². The molecule has 0 saturated carbocycles. The Morgan fingerprint density at radius 1 is 1.46 bits per heavy atom. The molecule has 13 heavy (non-hydrogen) atoms. The van der Waals surface area contributed by atoms with E-state index in [1.807, 2.05) is 0 Å². The van der Waals surface area contributed by atoms with Gasteiger partial charge in [-0.1, -0.05) is 0 Å². The molecule has 7 nitrogen and oxygen atoms in total. The summed E-state index contributed by atoms with van der Waals surface area (Å²) in [6.45, 7) is -1.11. The first kappa shape index (κ1) is 12.3. The second-order valence-corrected chi connectivity index (χ2v) is 3.70. The van der Waals surface area contributed by atoms with E-state index in [0.29, 0.717) is 0 Å². The van der Waals surface area contributed by atoms with Crippen molar-refractivity contribution in [3.63, 3.8) is 0 Å². The van der Waals surface area contributed by atoms with E-state index < -0.39 is 41.2 Å². The zero-order valence-corrected chi connectivity index (χ0v) is 7.40. The zero-order chi connectivity index (χ0) is 10.5. The van der Waals surface area contributed by atoms with Crippen molar-refractivity contribution in [1.29, 1.82) is 0 Å². The van der Waals surface area contributed by atoms with Crippen molar-refractivity contribution < 1.29 is 32.7 Å². The van der Waals surface area contributed by atoms with Crippen LogP contribution in [0.4, 0.5) is 0 Å². The molecule has 8 heteroatoms. The average molecular weight is 214 g/mol. The number of carbonyl (C=O) groups is 1. The van der Waals surface area contributed by atoms with Crippen LogP contribution in [0.3, 0.4) is 0 Å². The lowest BCUT2D eigenvalue weighted by atomic mass is 10.4. The van der Waals surface area contributed by atoms with Gasteiger partial charge in [-0.05, 0) is 0 Å².